The number of benzene rings is 1. The minimum atomic E-state index is 0.0675. The van der Waals surface area contributed by atoms with Crippen LogP contribution in [0.1, 0.15) is 51.5 Å². The second-order valence-corrected chi connectivity index (χ2v) is 12.0. The summed E-state index contributed by atoms with van der Waals surface area (Å²) in [4.78, 5) is 14.5. The first-order valence-corrected chi connectivity index (χ1v) is 14.5. The highest BCUT2D eigenvalue weighted by Gasteiger charge is 2.35. The second kappa shape index (κ2) is 11.7. The van der Waals surface area contributed by atoms with Gasteiger partial charge in [0.1, 0.15) is 11.6 Å². The average Bonchev–Trinajstić information content (AvgIpc) is 3.38. The molecule has 1 aromatic heterocycles. The van der Waals surface area contributed by atoms with Gasteiger partial charge in [0.15, 0.2) is 5.11 Å². The van der Waals surface area contributed by atoms with Crippen molar-refractivity contribution < 1.29 is 4.74 Å². The predicted octanol–water partition coefficient (Wildman–Crippen LogP) is 5.25. The summed E-state index contributed by atoms with van der Waals surface area (Å²) in [7, 11) is 0. The molecule has 2 aliphatic heterocycles. The zero-order chi connectivity index (χ0) is 25.8. The first-order chi connectivity index (χ1) is 17.9. The van der Waals surface area contributed by atoms with Gasteiger partial charge in [-0.3, -0.25) is 0 Å². The van der Waals surface area contributed by atoms with E-state index in [1.807, 2.05) is 12.1 Å². The Hall–Kier alpha value is -2.16. The standard InChI is InChI=1S/C28H39ClN6OS/c1-20-15-21(2)18-35(17-20)25-16-24(34-11-13-36-14-12-34)31-26(32-25)33-27(37)30-19-28(9-3-4-10-28)22-5-7-23(29)8-6-22/h5-8,16,20-21H,3-4,9-15,17-19H2,1-2H3,(H2,30,31,32,33,37). The lowest BCUT2D eigenvalue weighted by molar-refractivity contribution is 0.122. The Morgan fingerprint density at radius 3 is 2.30 bits per heavy atom. The molecule has 7 nitrogen and oxygen atoms in total. The summed E-state index contributed by atoms with van der Waals surface area (Å²) >= 11 is 11.9. The molecular formula is C28H39ClN6OS. The van der Waals surface area contributed by atoms with E-state index < -0.39 is 0 Å². The van der Waals surface area contributed by atoms with E-state index in [2.05, 4.69) is 52.5 Å². The van der Waals surface area contributed by atoms with E-state index in [0.717, 1.165) is 62.2 Å². The molecule has 1 aromatic carbocycles. The number of anilines is 3. The summed E-state index contributed by atoms with van der Waals surface area (Å²) in [5.74, 6) is 3.72. The molecule has 3 heterocycles. The van der Waals surface area contributed by atoms with Crippen molar-refractivity contribution in [2.24, 2.45) is 11.8 Å². The van der Waals surface area contributed by atoms with E-state index >= 15 is 0 Å². The summed E-state index contributed by atoms with van der Waals surface area (Å²) in [5, 5.41) is 8.15. The van der Waals surface area contributed by atoms with Gasteiger partial charge < -0.3 is 25.2 Å². The molecule has 37 heavy (non-hydrogen) atoms. The maximum absolute atomic E-state index is 6.16. The van der Waals surface area contributed by atoms with Crippen LogP contribution >= 0.6 is 23.8 Å². The number of nitrogens with zero attached hydrogens (tertiary/aromatic N) is 4. The summed E-state index contributed by atoms with van der Waals surface area (Å²) in [6, 6.07) is 10.4. The third kappa shape index (κ3) is 6.47. The molecule has 9 heteroatoms. The zero-order valence-corrected chi connectivity index (χ0v) is 23.6. The second-order valence-electron chi connectivity index (χ2n) is 11.2. The van der Waals surface area contributed by atoms with Gasteiger partial charge in [-0.1, -0.05) is 50.4 Å². The summed E-state index contributed by atoms with van der Waals surface area (Å²) < 4.78 is 5.57. The Balaban J connectivity index is 1.32. The van der Waals surface area contributed by atoms with Gasteiger partial charge in [0.25, 0.3) is 0 Å². The number of aromatic nitrogens is 2. The molecule has 2 N–H and O–H groups in total. The van der Waals surface area contributed by atoms with E-state index in [1.54, 1.807) is 0 Å². The molecule has 5 rings (SSSR count). The number of piperidine rings is 1. The highest BCUT2D eigenvalue weighted by molar-refractivity contribution is 7.80. The van der Waals surface area contributed by atoms with Crippen LogP contribution in [0.3, 0.4) is 0 Å². The topological polar surface area (TPSA) is 65.6 Å². The lowest BCUT2D eigenvalue weighted by atomic mass is 9.79. The minimum Gasteiger partial charge on any atom is -0.378 e. The molecule has 2 atom stereocenters. The molecule has 0 radical (unpaired) electrons. The fourth-order valence-corrected chi connectivity index (χ4v) is 6.55. The van der Waals surface area contributed by atoms with Gasteiger partial charge in [-0.15, -0.1) is 0 Å². The van der Waals surface area contributed by atoms with E-state index in [4.69, 9.17) is 38.5 Å². The molecular weight excluding hydrogens is 504 g/mol. The number of thiocarbonyl (C=S) groups is 1. The number of hydrogen-bond acceptors (Lipinski definition) is 6. The Morgan fingerprint density at radius 2 is 1.65 bits per heavy atom. The maximum Gasteiger partial charge on any atom is 0.232 e. The van der Waals surface area contributed by atoms with Crippen LogP contribution in [0.15, 0.2) is 30.3 Å². The third-order valence-electron chi connectivity index (χ3n) is 8.06. The third-order valence-corrected chi connectivity index (χ3v) is 8.56. The number of nitrogens with one attached hydrogen (secondary N) is 2. The summed E-state index contributed by atoms with van der Waals surface area (Å²) in [6.07, 6.45) is 5.99. The molecule has 200 valence electrons. The molecule has 2 saturated heterocycles. The normalized spacial score (nSPS) is 23.6. The highest BCUT2D eigenvalue weighted by Crippen LogP contribution is 2.41. The Morgan fingerprint density at radius 1 is 1.03 bits per heavy atom. The van der Waals surface area contributed by atoms with Crippen LogP contribution in [-0.4, -0.2) is 61.0 Å². The highest BCUT2D eigenvalue weighted by atomic mass is 35.5. The van der Waals surface area contributed by atoms with E-state index in [1.165, 1.54) is 24.8 Å². The number of rotatable bonds is 6. The molecule has 0 amide bonds. The smallest absolute Gasteiger partial charge is 0.232 e. The first-order valence-electron chi connectivity index (χ1n) is 13.7. The van der Waals surface area contributed by atoms with Gasteiger partial charge in [0.2, 0.25) is 5.95 Å². The fraction of sp³-hybridized carbons (Fsp3) is 0.607. The largest absolute Gasteiger partial charge is 0.378 e. The number of ether oxygens (including phenoxy) is 1. The van der Waals surface area contributed by atoms with Crippen LogP contribution in [0.2, 0.25) is 5.02 Å². The fourth-order valence-electron chi connectivity index (χ4n) is 6.26. The molecule has 2 unspecified atom stereocenters. The molecule has 1 saturated carbocycles. The van der Waals surface area contributed by atoms with Crippen molar-refractivity contribution in [3.05, 3.63) is 40.9 Å². The van der Waals surface area contributed by atoms with Crippen molar-refractivity contribution in [3.63, 3.8) is 0 Å². The summed E-state index contributed by atoms with van der Waals surface area (Å²) in [5.41, 5.74) is 1.39. The average molecular weight is 543 g/mol. The monoisotopic (exact) mass is 542 g/mol. The van der Waals surface area contributed by atoms with Gasteiger partial charge in [0.05, 0.1) is 13.2 Å². The molecule has 3 aliphatic rings. The van der Waals surface area contributed by atoms with Gasteiger partial charge >= 0.3 is 0 Å². The number of hydrogen-bond donors (Lipinski definition) is 2. The van der Waals surface area contributed by atoms with E-state index in [9.17, 15) is 0 Å². The molecule has 0 spiro atoms. The predicted molar refractivity (Wildman–Crippen MR) is 156 cm³/mol. The molecule has 3 fully saturated rings. The SMILES string of the molecule is CC1CC(C)CN(c2cc(N3CCOCC3)nc(NC(=S)NCC3(c4ccc(Cl)cc4)CCCC3)n2)C1. The quantitative estimate of drug-likeness (QED) is 0.480. The van der Waals surface area contributed by atoms with Gasteiger partial charge in [-0.2, -0.15) is 9.97 Å². The van der Waals surface area contributed by atoms with Crippen molar-refractivity contribution in [3.8, 4) is 0 Å². The Labute approximate surface area is 231 Å². The maximum atomic E-state index is 6.16. The zero-order valence-electron chi connectivity index (χ0n) is 22.0. The first kappa shape index (κ1) is 26.4. The number of morpholine rings is 1. The Bertz CT molecular complexity index is 1060. The number of halogens is 1. The van der Waals surface area contributed by atoms with Crippen LogP contribution in [-0.2, 0) is 10.2 Å². The van der Waals surface area contributed by atoms with Gasteiger partial charge in [-0.25, -0.2) is 0 Å². The van der Waals surface area contributed by atoms with E-state index in [0.29, 0.717) is 36.1 Å². The van der Waals surface area contributed by atoms with Crippen molar-refractivity contribution in [2.75, 3.05) is 61.1 Å². The lowest BCUT2D eigenvalue weighted by Crippen LogP contribution is -2.42. The van der Waals surface area contributed by atoms with Crippen LogP contribution in [0.4, 0.5) is 17.6 Å². The molecule has 0 bridgehead atoms. The van der Waals surface area contributed by atoms with Crippen LogP contribution in [0.5, 0.6) is 0 Å². The lowest BCUT2D eigenvalue weighted by Gasteiger charge is -2.36. The van der Waals surface area contributed by atoms with Gasteiger partial charge in [-0.05, 0) is 61.0 Å². The molecule has 1 aliphatic carbocycles. The van der Waals surface area contributed by atoms with Gasteiger partial charge in [0, 0.05) is 49.2 Å². The van der Waals surface area contributed by atoms with Crippen LogP contribution < -0.4 is 20.4 Å². The van der Waals surface area contributed by atoms with Crippen LogP contribution in [0.25, 0.3) is 0 Å². The molecule has 2 aromatic rings. The van der Waals surface area contributed by atoms with Crippen molar-refractivity contribution in [1.82, 2.24) is 15.3 Å². The van der Waals surface area contributed by atoms with Crippen LogP contribution in [0, 0.1) is 11.8 Å². The summed E-state index contributed by atoms with van der Waals surface area (Å²) in [6.45, 7) is 10.5. The van der Waals surface area contributed by atoms with Crippen molar-refractivity contribution in [2.45, 2.75) is 51.4 Å². The Kier molecular flexibility index (Phi) is 8.37. The van der Waals surface area contributed by atoms with E-state index in [-0.39, 0.29) is 5.41 Å². The minimum absolute atomic E-state index is 0.0675. The van der Waals surface area contributed by atoms with Crippen molar-refractivity contribution in [1.29, 1.82) is 0 Å². The van der Waals surface area contributed by atoms with Crippen molar-refractivity contribution >= 4 is 46.5 Å².